The van der Waals surface area contributed by atoms with Crippen LogP contribution in [0.1, 0.15) is 45.8 Å². The average Bonchev–Trinajstić information content (AvgIpc) is 2.39. The van der Waals surface area contributed by atoms with Crippen LogP contribution < -0.4 is 0 Å². The summed E-state index contributed by atoms with van der Waals surface area (Å²) in [5.41, 5.74) is 0.627. The van der Waals surface area contributed by atoms with Crippen LogP contribution in [0.2, 0.25) is 0 Å². The fourth-order valence-corrected chi connectivity index (χ4v) is 1.35. The van der Waals surface area contributed by atoms with E-state index in [0.717, 1.165) is 12.0 Å². The number of hydrogen-bond donors (Lipinski definition) is 0. The van der Waals surface area contributed by atoms with Crippen LogP contribution in [-0.4, -0.2) is 12.8 Å². The molecule has 1 aromatic carbocycles. The standard InChI is InChI=1S/C15H22O3/c1-5-15(3,4)14(16)18-11-17-12(2)13-9-7-6-8-10-13/h6-10,12H,5,11H2,1-4H3. The Hall–Kier alpha value is -1.35. The van der Waals surface area contributed by atoms with Gasteiger partial charge in [0.15, 0.2) is 6.79 Å². The first-order valence-corrected chi connectivity index (χ1v) is 6.31. The van der Waals surface area contributed by atoms with Crippen LogP contribution in [0.25, 0.3) is 0 Å². The predicted octanol–water partition coefficient (Wildman–Crippen LogP) is 3.70. The molecular formula is C15H22O3. The Bertz CT molecular complexity index is 371. The first-order chi connectivity index (χ1) is 8.47. The van der Waals surface area contributed by atoms with E-state index < -0.39 is 5.41 Å². The van der Waals surface area contributed by atoms with E-state index in [2.05, 4.69) is 0 Å². The fourth-order valence-electron chi connectivity index (χ4n) is 1.35. The summed E-state index contributed by atoms with van der Waals surface area (Å²) in [4.78, 5) is 11.7. The maximum atomic E-state index is 11.7. The smallest absolute Gasteiger partial charge is 0.313 e. The summed E-state index contributed by atoms with van der Waals surface area (Å²) in [6.45, 7) is 7.65. The second-order valence-corrected chi connectivity index (χ2v) is 5.01. The van der Waals surface area contributed by atoms with Crippen LogP contribution in [0, 0.1) is 5.41 Å². The van der Waals surface area contributed by atoms with Crippen LogP contribution in [0.3, 0.4) is 0 Å². The van der Waals surface area contributed by atoms with E-state index in [1.807, 2.05) is 58.0 Å². The molecule has 0 saturated heterocycles. The molecule has 3 nitrogen and oxygen atoms in total. The van der Waals surface area contributed by atoms with Crippen molar-refractivity contribution < 1.29 is 14.3 Å². The largest absolute Gasteiger partial charge is 0.438 e. The van der Waals surface area contributed by atoms with Crippen LogP contribution in [0.4, 0.5) is 0 Å². The van der Waals surface area contributed by atoms with Gasteiger partial charge in [0, 0.05) is 0 Å². The van der Waals surface area contributed by atoms with Crippen molar-refractivity contribution in [2.75, 3.05) is 6.79 Å². The van der Waals surface area contributed by atoms with E-state index in [1.165, 1.54) is 0 Å². The Morgan fingerprint density at radius 2 is 1.89 bits per heavy atom. The number of carbonyl (C=O) groups excluding carboxylic acids is 1. The van der Waals surface area contributed by atoms with Gasteiger partial charge in [0.2, 0.25) is 0 Å². The van der Waals surface area contributed by atoms with Crippen LogP contribution in [0.5, 0.6) is 0 Å². The molecule has 0 aromatic heterocycles. The Morgan fingerprint density at radius 3 is 2.44 bits per heavy atom. The van der Waals surface area contributed by atoms with E-state index in [1.54, 1.807) is 0 Å². The summed E-state index contributed by atoms with van der Waals surface area (Å²) in [6, 6.07) is 9.85. The fraction of sp³-hybridized carbons (Fsp3) is 0.533. The van der Waals surface area contributed by atoms with Crippen molar-refractivity contribution in [1.82, 2.24) is 0 Å². The molecule has 0 bridgehead atoms. The SMILES string of the molecule is CCC(C)(C)C(=O)OCOC(C)c1ccccc1. The molecule has 1 aromatic rings. The molecule has 0 radical (unpaired) electrons. The maximum Gasteiger partial charge on any atom is 0.313 e. The highest BCUT2D eigenvalue weighted by molar-refractivity contribution is 5.75. The third kappa shape index (κ3) is 4.15. The van der Waals surface area contributed by atoms with Crippen molar-refractivity contribution in [2.45, 2.75) is 40.2 Å². The molecule has 0 N–H and O–H groups in total. The molecule has 0 fully saturated rings. The topological polar surface area (TPSA) is 35.5 Å². The molecule has 1 unspecified atom stereocenters. The van der Waals surface area contributed by atoms with Gasteiger partial charge in [0.1, 0.15) is 0 Å². The molecule has 18 heavy (non-hydrogen) atoms. The second-order valence-electron chi connectivity index (χ2n) is 5.01. The highest BCUT2D eigenvalue weighted by Crippen LogP contribution is 2.22. The van der Waals surface area contributed by atoms with Gasteiger partial charge in [0.05, 0.1) is 11.5 Å². The molecule has 0 aliphatic carbocycles. The third-order valence-corrected chi connectivity index (χ3v) is 3.21. The van der Waals surface area contributed by atoms with E-state index in [9.17, 15) is 4.79 Å². The third-order valence-electron chi connectivity index (χ3n) is 3.21. The first kappa shape index (κ1) is 14.7. The van der Waals surface area contributed by atoms with Crippen molar-refractivity contribution in [3.8, 4) is 0 Å². The minimum atomic E-state index is -0.445. The minimum Gasteiger partial charge on any atom is -0.438 e. The predicted molar refractivity (Wildman–Crippen MR) is 71.0 cm³/mol. The van der Waals surface area contributed by atoms with Gasteiger partial charge in [-0.1, -0.05) is 37.3 Å². The van der Waals surface area contributed by atoms with Crippen molar-refractivity contribution in [1.29, 1.82) is 0 Å². The minimum absolute atomic E-state index is 0.00166. The van der Waals surface area contributed by atoms with E-state index in [0.29, 0.717) is 0 Å². The normalized spacial score (nSPS) is 13.1. The zero-order valence-corrected chi connectivity index (χ0v) is 11.6. The lowest BCUT2D eigenvalue weighted by molar-refractivity contribution is -0.170. The molecule has 0 aliphatic heterocycles. The van der Waals surface area contributed by atoms with Gasteiger partial charge in [-0.25, -0.2) is 0 Å². The van der Waals surface area contributed by atoms with Crippen LogP contribution in [0.15, 0.2) is 30.3 Å². The van der Waals surface area contributed by atoms with Gasteiger partial charge in [-0.05, 0) is 32.8 Å². The number of esters is 1. The van der Waals surface area contributed by atoms with E-state index >= 15 is 0 Å². The highest BCUT2D eigenvalue weighted by Gasteiger charge is 2.27. The van der Waals surface area contributed by atoms with Crippen LogP contribution >= 0.6 is 0 Å². The molecule has 1 atom stereocenters. The van der Waals surface area contributed by atoms with Crippen LogP contribution in [-0.2, 0) is 14.3 Å². The molecule has 0 spiro atoms. The zero-order valence-electron chi connectivity index (χ0n) is 11.6. The molecule has 0 saturated carbocycles. The van der Waals surface area contributed by atoms with Crippen molar-refractivity contribution in [2.24, 2.45) is 5.41 Å². The van der Waals surface area contributed by atoms with Crippen molar-refractivity contribution >= 4 is 5.97 Å². The number of rotatable bonds is 6. The van der Waals surface area contributed by atoms with Gasteiger partial charge >= 0.3 is 5.97 Å². The highest BCUT2D eigenvalue weighted by atomic mass is 16.7. The lowest BCUT2D eigenvalue weighted by Crippen LogP contribution is -2.26. The quantitative estimate of drug-likeness (QED) is 0.570. The van der Waals surface area contributed by atoms with Gasteiger partial charge in [-0.3, -0.25) is 4.79 Å². The number of carbonyl (C=O) groups is 1. The van der Waals surface area contributed by atoms with Gasteiger partial charge in [0.25, 0.3) is 0 Å². The Balaban J connectivity index is 2.37. The van der Waals surface area contributed by atoms with E-state index in [-0.39, 0.29) is 18.9 Å². The molecule has 0 aliphatic rings. The van der Waals surface area contributed by atoms with Gasteiger partial charge in [-0.15, -0.1) is 0 Å². The molecule has 100 valence electrons. The summed E-state index contributed by atoms with van der Waals surface area (Å²) in [7, 11) is 0. The lowest BCUT2D eigenvalue weighted by Gasteiger charge is -2.21. The Kier molecular flexibility index (Phi) is 5.35. The number of hydrogen-bond acceptors (Lipinski definition) is 3. The van der Waals surface area contributed by atoms with Crippen molar-refractivity contribution in [3.05, 3.63) is 35.9 Å². The summed E-state index contributed by atoms with van der Waals surface area (Å²) in [5, 5.41) is 0. The Morgan fingerprint density at radius 1 is 1.28 bits per heavy atom. The number of ether oxygens (including phenoxy) is 2. The van der Waals surface area contributed by atoms with E-state index in [4.69, 9.17) is 9.47 Å². The first-order valence-electron chi connectivity index (χ1n) is 6.31. The molecule has 1 rings (SSSR count). The molecule has 3 heteroatoms. The lowest BCUT2D eigenvalue weighted by atomic mass is 9.91. The maximum absolute atomic E-state index is 11.7. The summed E-state index contributed by atoms with van der Waals surface area (Å²) in [5.74, 6) is -0.217. The van der Waals surface area contributed by atoms with Gasteiger partial charge < -0.3 is 9.47 Å². The summed E-state index contributed by atoms with van der Waals surface area (Å²) >= 11 is 0. The molecule has 0 amide bonds. The summed E-state index contributed by atoms with van der Waals surface area (Å²) < 4.78 is 10.6. The monoisotopic (exact) mass is 250 g/mol. The zero-order chi connectivity index (χ0) is 13.6. The number of benzene rings is 1. The Labute approximate surface area is 109 Å². The average molecular weight is 250 g/mol. The second kappa shape index (κ2) is 6.55. The molecule has 0 heterocycles. The van der Waals surface area contributed by atoms with Crippen molar-refractivity contribution in [3.63, 3.8) is 0 Å². The summed E-state index contributed by atoms with van der Waals surface area (Å²) in [6.07, 6.45) is 0.670. The molecular weight excluding hydrogens is 228 g/mol. The van der Waals surface area contributed by atoms with Gasteiger partial charge in [-0.2, -0.15) is 0 Å².